The van der Waals surface area contributed by atoms with Crippen molar-refractivity contribution in [1.29, 1.82) is 5.26 Å². The average molecular weight is 851 g/mol. The molecule has 2 aliphatic rings. The van der Waals surface area contributed by atoms with Crippen LogP contribution in [0.2, 0.25) is 0 Å². The molecule has 0 radical (unpaired) electrons. The topological polar surface area (TPSA) is 34.6 Å². The van der Waals surface area contributed by atoms with Crippen molar-refractivity contribution in [2.24, 2.45) is 0 Å². The van der Waals surface area contributed by atoms with Gasteiger partial charge in [0, 0.05) is 34.1 Å². The Kier molecular flexibility index (Phi) is 8.52. The fraction of sp³-hybridized carbons (Fsp3) is 0.0159. The van der Waals surface area contributed by atoms with E-state index in [1.54, 1.807) is 0 Å². The van der Waals surface area contributed by atoms with Crippen molar-refractivity contribution in [3.63, 3.8) is 0 Å². The first-order chi connectivity index (χ1) is 33.1. The van der Waals surface area contributed by atoms with Gasteiger partial charge in [0.2, 0.25) is 0 Å². The molecule has 1 unspecified atom stereocenters. The number of rotatable bonds is 6. The maximum atomic E-state index is 9.92. The summed E-state index contributed by atoms with van der Waals surface area (Å²) in [5.74, 6) is 0. The second kappa shape index (κ2) is 14.9. The number of nitriles is 1. The predicted octanol–water partition coefficient (Wildman–Crippen LogP) is 16.9. The second-order valence-electron chi connectivity index (χ2n) is 17.5. The standard InChI is InChI=1S/C63H38N4/c1-65-47-16-13-22-51(39-47)67(49-19-6-3-7-20-49)53-30-27-44-36-57-56-35-43-26-29-52(66(48-17-4-2-5-18-48)50-21-12-14-41(32-50)40-64)33-45(43)37-60(56)63(61(57)38-46(44)34-53)58-25-11-10-24-55(58)62-54-23-9-8-15-42(54)28-31-59(62)63/h2-39H. The van der Waals surface area contributed by atoms with Crippen molar-refractivity contribution in [1.82, 2.24) is 0 Å². The molecule has 0 aliphatic heterocycles. The molecule has 11 aromatic rings. The fourth-order valence-electron chi connectivity index (χ4n) is 11.2. The van der Waals surface area contributed by atoms with Crippen molar-refractivity contribution >= 4 is 72.1 Å². The third-order valence-electron chi connectivity index (χ3n) is 13.9. The van der Waals surface area contributed by atoms with Gasteiger partial charge >= 0.3 is 0 Å². The van der Waals surface area contributed by atoms with Crippen molar-refractivity contribution in [3.8, 4) is 28.3 Å². The first kappa shape index (κ1) is 38.3. The van der Waals surface area contributed by atoms with Gasteiger partial charge in [0.1, 0.15) is 0 Å². The summed E-state index contributed by atoms with van der Waals surface area (Å²) in [7, 11) is 0. The number of anilines is 6. The molecule has 0 heterocycles. The van der Waals surface area contributed by atoms with Gasteiger partial charge in [-0.3, -0.25) is 0 Å². The minimum absolute atomic E-state index is 0.600. The monoisotopic (exact) mass is 850 g/mol. The largest absolute Gasteiger partial charge is 0.312 e. The molecule has 0 aromatic heterocycles. The Balaban J connectivity index is 1.08. The summed E-state index contributed by atoms with van der Waals surface area (Å²) in [5, 5.41) is 17.0. The van der Waals surface area contributed by atoms with Gasteiger partial charge in [0.25, 0.3) is 0 Å². The van der Waals surface area contributed by atoms with Crippen LogP contribution in [-0.2, 0) is 5.41 Å². The Morgan fingerprint density at radius 1 is 0.373 bits per heavy atom. The maximum Gasteiger partial charge on any atom is 0.189 e. The minimum Gasteiger partial charge on any atom is -0.312 e. The minimum atomic E-state index is -0.613. The highest BCUT2D eigenvalue weighted by Crippen LogP contribution is 2.65. The quantitative estimate of drug-likeness (QED) is 0.156. The average Bonchev–Trinajstić information content (AvgIpc) is 3.84. The van der Waals surface area contributed by atoms with E-state index in [2.05, 4.69) is 203 Å². The highest BCUT2D eigenvalue weighted by molar-refractivity contribution is 6.09. The summed E-state index contributed by atoms with van der Waals surface area (Å²) in [6, 6.07) is 84.7. The molecule has 0 fully saturated rings. The van der Waals surface area contributed by atoms with Crippen LogP contribution < -0.4 is 9.80 Å². The summed E-state index contributed by atoms with van der Waals surface area (Å²) >= 11 is 0. The number of fused-ring (bicyclic) bond motifs is 14. The third kappa shape index (κ3) is 5.77. The molecular formula is C63H38N4. The van der Waals surface area contributed by atoms with E-state index in [1.165, 1.54) is 55.3 Å². The highest BCUT2D eigenvalue weighted by Gasteiger charge is 2.52. The smallest absolute Gasteiger partial charge is 0.189 e. The van der Waals surface area contributed by atoms with Crippen LogP contribution in [0.5, 0.6) is 0 Å². The molecule has 0 amide bonds. The summed E-state index contributed by atoms with van der Waals surface area (Å²) in [6.07, 6.45) is 0. The van der Waals surface area contributed by atoms with E-state index in [0.717, 1.165) is 55.7 Å². The lowest BCUT2D eigenvalue weighted by Crippen LogP contribution is -2.26. The molecule has 0 bridgehead atoms. The van der Waals surface area contributed by atoms with Gasteiger partial charge in [-0.2, -0.15) is 5.26 Å². The lowest BCUT2D eigenvalue weighted by atomic mass is 9.70. The fourth-order valence-corrected chi connectivity index (χ4v) is 11.2. The first-order valence-electron chi connectivity index (χ1n) is 22.6. The molecular weight excluding hydrogens is 813 g/mol. The molecule has 1 spiro atoms. The predicted molar refractivity (Wildman–Crippen MR) is 276 cm³/mol. The maximum absolute atomic E-state index is 9.92. The van der Waals surface area contributed by atoms with Crippen molar-refractivity contribution < 1.29 is 0 Å². The normalized spacial score (nSPS) is 14.0. The molecule has 2 aliphatic carbocycles. The zero-order valence-electron chi connectivity index (χ0n) is 36.2. The van der Waals surface area contributed by atoms with Gasteiger partial charge in [-0.1, -0.05) is 127 Å². The first-order valence-corrected chi connectivity index (χ1v) is 22.6. The summed E-state index contributed by atoms with van der Waals surface area (Å²) in [6.45, 7) is 7.81. The summed E-state index contributed by atoms with van der Waals surface area (Å²) in [5.41, 5.74) is 16.7. The van der Waals surface area contributed by atoms with Gasteiger partial charge in [-0.05, 0) is 180 Å². The van der Waals surface area contributed by atoms with Crippen molar-refractivity contribution in [3.05, 3.63) is 270 Å². The summed E-state index contributed by atoms with van der Waals surface area (Å²) in [4.78, 5) is 8.27. The Hall–Kier alpha value is -9.22. The zero-order chi connectivity index (χ0) is 44.6. The van der Waals surface area contributed by atoms with E-state index in [0.29, 0.717) is 11.3 Å². The van der Waals surface area contributed by atoms with Crippen LogP contribution in [0.1, 0.15) is 27.8 Å². The number of hydrogen-bond donors (Lipinski definition) is 0. The van der Waals surface area contributed by atoms with Gasteiger partial charge in [-0.15, -0.1) is 0 Å². The Bertz CT molecular complexity index is 3720. The van der Waals surface area contributed by atoms with Crippen molar-refractivity contribution in [2.75, 3.05) is 9.80 Å². The molecule has 4 heteroatoms. The molecule has 310 valence electrons. The van der Waals surface area contributed by atoms with Crippen LogP contribution in [-0.4, -0.2) is 0 Å². The van der Waals surface area contributed by atoms with E-state index in [-0.39, 0.29) is 0 Å². The molecule has 0 N–H and O–H groups in total. The Labute approximate surface area is 388 Å². The second-order valence-corrected chi connectivity index (χ2v) is 17.5. The lowest BCUT2D eigenvalue weighted by molar-refractivity contribution is 0.797. The molecule has 1 atom stereocenters. The van der Waals surface area contributed by atoms with Gasteiger partial charge in [0.05, 0.1) is 23.6 Å². The Morgan fingerprint density at radius 3 is 1.55 bits per heavy atom. The van der Waals surface area contributed by atoms with E-state index >= 15 is 0 Å². The van der Waals surface area contributed by atoms with Gasteiger partial charge in [0.15, 0.2) is 5.69 Å². The number of hydrogen-bond acceptors (Lipinski definition) is 3. The van der Waals surface area contributed by atoms with Gasteiger partial charge in [-0.25, -0.2) is 4.85 Å². The van der Waals surface area contributed by atoms with Gasteiger partial charge < -0.3 is 9.80 Å². The van der Waals surface area contributed by atoms with Crippen LogP contribution in [0.4, 0.5) is 39.8 Å². The number of para-hydroxylation sites is 2. The summed E-state index contributed by atoms with van der Waals surface area (Å²) < 4.78 is 0. The molecule has 11 aromatic carbocycles. The number of benzene rings is 11. The number of nitrogens with zero attached hydrogens (tertiary/aromatic N) is 4. The third-order valence-corrected chi connectivity index (χ3v) is 13.9. The van der Waals surface area contributed by atoms with Crippen LogP contribution in [0, 0.1) is 17.9 Å². The van der Waals surface area contributed by atoms with E-state index in [9.17, 15) is 5.26 Å². The molecule has 0 saturated carbocycles. The molecule has 67 heavy (non-hydrogen) atoms. The molecule has 4 nitrogen and oxygen atoms in total. The van der Waals surface area contributed by atoms with Crippen LogP contribution in [0.3, 0.4) is 0 Å². The SMILES string of the molecule is [C-]#[N+]c1cccc(N(c2ccccc2)c2ccc3cc4c(cc3c2)C2(c3cc5cc(N(c6ccccc6)c6cccc(C#N)c6)ccc5cc3-4)c3ccccc3-c3c2ccc2ccccc32)c1. The molecule has 13 rings (SSSR count). The lowest BCUT2D eigenvalue weighted by Gasteiger charge is -2.31. The van der Waals surface area contributed by atoms with Crippen LogP contribution in [0.15, 0.2) is 231 Å². The Morgan fingerprint density at radius 2 is 0.910 bits per heavy atom. The van der Waals surface area contributed by atoms with Crippen LogP contribution in [0.25, 0.3) is 59.4 Å². The molecule has 0 saturated heterocycles. The van der Waals surface area contributed by atoms with Crippen molar-refractivity contribution in [2.45, 2.75) is 5.41 Å². The van der Waals surface area contributed by atoms with Crippen LogP contribution >= 0.6 is 0 Å². The van der Waals surface area contributed by atoms with E-state index in [4.69, 9.17) is 6.57 Å². The van der Waals surface area contributed by atoms with E-state index in [1.807, 2.05) is 48.5 Å². The van der Waals surface area contributed by atoms with E-state index < -0.39 is 5.41 Å². The highest BCUT2D eigenvalue weighted by atomic mass is 15.1. The zero-order valence-corrected chi connectivity index (χ0v) is 36.2.